The minimum Gasteiger partial charge on any atom is -0.355 e. The van der Waals surface area contributed by atoms with Crippen LogP contribution >= 0.6 is 23.1 Å². The van der Waals surface area contributed by atoms with Gasteiger partial charge in [0.1, 0.15) is 5.82 Å². The average Bonchev–Trinajstić information content (AvgIpc) is 2.89. The van der Waals surface area contributed by atoms with Crippen molar-refractivity contribution >= 4 is 38.3 Å². The number of primary sulfonamides is 1. The maximum absolute atomic E-state index is 13.8. The van der Waals surface area contributed by atoms with E-state index in [1.165, 1.54) is 24.0 Å². The Bertz CT molecular complexity index is 776. The molecule has 3 rings (SSSR count). The fourth-order valence-corrected chi connectivity index (χ4v) is 4.79. The van der Waals surface area contributed by atoms with Crippen LogP contribution in [0.5, 0.6) is 0 Å². The summed E-state index contributed by atoms with van der Waals surface area (Å²) in [7, 11) is -3.74. The number of halogens is 1. The first kappa shape index (κ1) is 14.8. The molecule has 112 valence electrons. The molecule has 21 heavy (non-hydrogen) atoms. The van der Waals surface area contributed by atoms with E-state index in [0.717, 1.165) is 29.1 Å². The Morgan fingerprint density at radius 2 is 2.24 bits per heavy atom. The molecule has 0 aliphatic carbocycles. The highest BCUT2D eigenvalue weighted by Crippen LogP contribution is 2.39. The van der Waals surface area contributed by atoms with E-state index < -0.39 is 10.0 Å². The zero-order valence-electron chi connectivity index (χ0n) is 10.7. The predicted molar refractivity (Wildman–Crippen MR) is 81.6 cm³/mol. The molecular weight excluding hydrogens is 333 g/mol. The monoisotopic (exact) mass is 345 g/mol. The van der Waals surface area contributed by atoms with Gasteiger partial charge in [0, 0.05) is 10.6 Å². The molecule has 1 aromatic heterocycles. The molecule has 0 amide bonds. The summed E-state index contributed by atoms with van der Waals surface area (Å²) in [5.41, 5.74) is 0.874. The second-order valence-electron chi connectivity index (χ2n) is 4.52. The van der Waals surface area contributed by atoms with Gasteiger partial charge in [-0.1, -0.05) is 23.5 Å². The number of nitrogens with one attached hydrogen (secondary N) is 1. The molecule has 0 saturated carbocycles. The lowest BCUT2D eigenvalue weighted by Crippen LogP contribution is -2.16. The number of thiazole rings is 1. The van der Waals surface area contributed by atoms with Crippen LogP contribution in [0.2, 0.25) is 0 Å². The van der Waals surface area contributed by atoms with Crippen molar-refractivity contribution in [1.29, 1.82) is 0 Å². The van der Waals surface area contributed by atoms with E-state index in [4.69, 9.17) is 5.14 Å². The van der Waals surface area contributed by atoms with Gasteiger partial charge in [0.25, 0.3) is 0 Å². The van der Waals surface area contributed by atoms with Crippen LogP contribution in [0, 0.1) is 5.82 Å². The van der Waals surface area contributed by atoms with Crippen LogP contribution < -0.4 is 10.5 Å². The van der Waals surface area contributed by atoms with E-state index in [-0.39, 0.29) is 16.1 Å². The number of anilines is 1. The van der Waals surface area contributed by atoms with Crippen molar-refractivity contribution in [2.75, 3.05) is 11.1 Å². The molecule has 2 aromatic rings. The van der Waals surface area contributed by atoms with Gasteiger partial charge >= 0.3 is 0 Å². The Morgan fingerprint density at radius 3 is 2.95 bits per heavy atom. The minimum absolute atomic E-state index is 0.00894. The zero-order chi connectivity index (χ0) is 15.0. The summed E-state index contributed by atoms with van der Waals surface area (Å²) >= 11 is 2.47. The van der Waals surface area contributed by atoms with Crippen LogP contribution in [0.3, 0.4) is 0 Å². The van der Waals surface area contributed by atoms with Gasteiger partial charge in [0.05, 0.1) is 12.2 Å². The van der Waals surface area contributed by atoms with Gasteiger partial charge < -0.3 is 5.32 Å². The number of sulfonamides is 1. The van der Waals surface area contributed by atoms with Crippen LogP contribution in [0.4, 0.5) is 9.52 Å². The van der Waals surface area contributed by atoms with Crippen molar-refractivity contribution in [2.24, 2.45) is 5.14 Å². The summed E-state index contributed by atoms with van der Waals surface area (Å²) < 4.78 is 36.3. The number of hydrogen-bond donors (Lipinski definition) is 2. The first-order chi connectivity index (χ1) is 9.95. The molecular formula is C12H12FN3O2S3. The van der Waals surface area contributed by atoms with Crippen LogP contribution in [-0.4, -0.2) is 19.2 Å². The summed E-state index contributed by atoms with van der Waals surface area (Å²) in [6.07, 6.45) is 2.04. The predicted octanol–water partition coefficient (Wildman–Crippen LogP) is 2.58. The second-order valence-corrected chi connectivity index (χ2v) is 8.45. The number of fused-ring (bicyclic) bond motifs is 1. The summed E-state index contributed by atoms with van der Waals surface area (Å²) in [6, 6.07) is 4.90. The molecule has 0 saturated heterocycles. The molecule has 1 atom stereocenters. The van der Waals surface area contributed by atoms with Gasteiger partial charge in [-0.3, -0.25) is 0 Å². The minimum atomic E-state index is -3.74. The molecule has 2 heterocycles. The van der Waals surface area contributed by atoms with Crippen molar-refractivity contribution in [2.45, 2.75) is 21.6 Å². The number of aromatic nitrogens is 1. The van der Waals surface area contributed by atoms with Crippen LogP contribution in [-0.2, 0) is 10.0 Å². The van der Waals surface area contributed by atoms with Crippen molar-refractivity contribution in [3.05, 3.63) is 35.8 Å². The summed E-state index contributed by atoms with van der Waals surface area (Å²) in [6.45, 7) is 0. The quantitative estimate of drug-likeness (QED) is 0.893. The molecule has 0 unspecified atom stereocenters. The van der Waals surface area contributed by atoms with Gasteiger partial charge in [-0.05, 0) is 18.1 Å². The highest BCUT2D eigenvalue weighted by molar-refractivity contribution is 7.99. The Hall–Kier alpha value is -1.16. The van der Waals surface area contributed by atoms with E-state index in [2.05, 4.69) is 10.3 Å². The zero-order valence-corrected chi connectivity index (χ0v) is 13.2. The fraction of sp³-hybridized carbons (Fsp3) is 0.250. The lowest BCUT2D eigenvalue weighted by molar-refractivity contribution is 0.585. The Morgan fingerprint density at radius 1 is 1.43 bits per heavy atom. The Balaban J connectivity index is 1.87. The number of rotatable bonds is 3. The third kappa shape index (κ3) is 3.05. The van der Waals surface area contributed by atoms with Gasteiger partial charge in [0.15, 0.2) is 9.34 Å². The fourth-order valence-electron chi connectivity index (χ4n) is 2.14. The first-order valence-corrected chi connectivity index (χ1v) is 9.46. The van der Waals surface area contributed by atoms with Crippen molar-refractivity contribution in [1.82, 2.24) is 4.98 Å². The van der Waals surface area contributed by atoms with E-state index in [1.807, 2.05) is 6.07 Å². The molecule has 0 spiro atoms. The maximum atomic E-state index is 13.8. The molecule has 9 heteroatoms. The van der Waals surface area contributed by atoms with Crippen molar-refractivity contribution in [3.8, 4) is 0 Å². The van der Waals surface area contributed by atoms with Crippen LogP contribution in [0.1, 0.15) is 18.0 Å². The molecule has 5 nitrogen and oxygen atoms in total. The van der Waals surface area contributed by atoms with Gasteiger partial charge in [0.2, 0.25) is 10.0 Å². The van der Waals surface area contributed by atoms with Gasteiger partial charge in [-0.15, -0.1) is 11.8 Å². The first-order valence-electron chi connectivity index (χ1n) is 6.11. The van der Waals surface area contributed by atoms with Gasteiger partial charge in [-0.2, -0.15) is 0 Å². The molecule has 0 radical (unpaired) electrons. The molecule has 1 aromatic carbocycles. The lowest BCUT2D eigenvalue weighted by Gasteiger charge is -2.25. The Labute approximate surface area is 129 Å². The summed E-state index contributed by atoms with van der Waals surface area (Å²) in [4.78, 5) is 4.66. The molecule has 1 aliphatic heterocycles. The van der Waals surface area contributed by atoms with E-state index in [0.29, 0.717) is 10.0 Å². The third-order valence-electron chi connectivity index (χ3n) is 3.09. The standard InChI is InChI=1S/C12H12FN3O2S3/c13-8-3-1-2-7-9(4-5-19-11(7)8)16-12-15-6-10(20-12)21(14,17)18/h1-3,6,9H,4-5H2,(H,15,16)(H2,14,17,18)/t9-/m0/s1. The number of hydrogen-bond acceptors (Lipinski definition) is 6. The highest BCUT2D eigenvalue weighted by Gasteiger charge is 2.24. The highest BCUT2D eigenvalue weighted by atomic mass is 32.2. The molecule has 0 bridgehead atoms. The largest absolute Gasteiger partial charge is 0.355 e. The van der Waals surface area contributed by atoms with Crippen LogP contribution in [0.15, 0.2) is 33.5 Å². The van der Waals surface area contributed by atoms with Crippen LogP contribution in [0.25, 0.3) is 0 Å². The number of nitrogens with two attached hydrogens (primary N) is 1. The normalized spacial score (nSPS) is 18.3. The average molecular weight is 345 g/mol. The van der Waals surface area contributed by atoms with Gasteiger partial charge in [-0.25, -0.2) is 22.9 Å². The molecule has 0 fully saturated rings. The molecule has 1 aliphatic rings. The number of benzene rings is 1. The molecule has 3 N–H and O–H groups in total. The SMILES string of the molecule is NS(=O)(=O)c1cnc(N[C@H]2CCSc3c(F)cccc32)s1. The Kier molecular flexibility index (Phi) is 3.91. The van der Waals surface area contributed by atoms with E-state index in [9.17, 15) is 12.8 Å². The topological polar surface area (TPSA) is 85.1 Å². The third-order valence-corrected chi connectivity index (χ3v) is 6.58. The number of thioether (sulfide) groups is 1. The maximum Gasteiger partial charge on any atom is 0.249 e. The summed E-state index contributed by atoms with van der Waals surface area (Å²) in [5, 5.41) is 8.69. The van der Waals surface area contributed by atoms with Crippen molar-refractivity contribution < 1.29 is 12.8 Å². The second kappa shape index (κ2) is 5.56. The lowest BCUT2D eigenvalue weighted by atomic mass is 10.0. The summed E-state index contributed by atoms with van der Waals surface area (Å²) in [5.74, 6) is 0.562. The number of nitrogens with zero attached hydrogens (tertiary/aromatic N) is 1. The van der Waals surface area contributed by atoms with Crippen molar-refractivity contribution in [3.63, 3.8) is 0 Å². The van der Waals surface area contributed by atoms with E-state index in [1.54, 1.807) is 6.07 Å². The smallest absolute Gasteiger partial charge is 0.249 e. The van der Waals surface area contributed by atoms with E-state index >= 15 is 0 Å².